The van der Waals surface area contributed by atoms with E-state index in [1.165, 1.54) is 22.0 Å². The maximum absolute atomic E-state index is 10.6. The molecule has 1 aromatic carbocycles. The first-order valence-electron chi connectivity index (χ1n) is 6.44. The fourth-order valence-corrected chi connectivity index (χ4v) is 2.44. The largest absolute Gasteiger partial charge is 0.481 e. The van der Waals surface area contributed by atoms with Gasteiger partial charge in [-0.05, 0) is 29.9 Å². The van der Waals surface area contributed by atoms with E-state index in [1.807, 2.05) is 6.20 Å². The van der Waals surface area contributed by atoms with Crippen LogP contribution in [-0.2, 0) is 11.2 Å². The first kappa shape index (κ1) is 12.7. The van der Waals surface area contributed by atoms with Crippen molar-refractivity contribution in [2.75, 3.05) is 0 Å². The summed E-state index contributed by atoms with van der Waals surface area (Å²) in [6.45, 7) is 4.23. The van der Waals surface area contributed by atoms with E-state index in [2.05, 4.69) is 37.0 Å². The van der Waals surface area contributed by atoms with E-state index in [9.17, 15) is 4.79 Å². The van der Waals surface area contributed by atoms with Crippen molar-refractivity contribution < 1.29 is 9.90 Å². The zero-order valence-electron chi connectivity index (χ0n) is 10.9. The molecule has 0 aliphatic heterocycles. The lowest BCUT2D eigenvalue weighted by atomic mass is 9.95. The van der Waals surface area contributed by atoms with Crippen LogP contribution >= 0.6 is 0 Å². The minimum Gasteiger partial charge on any atom is -0.481 e. The van der Waals surface area contributed by atoms with Crippen LogP contribution in [0.1, 0.15) is 43.7 Å². The number of H-pyrrole nitrogens is 1. The Bertz CT molecular complexity index is 557. The number of benzene rings is 1. The summed E-state index contributed by atoms with van der Waals surface area (Å²) in [6.07, 6.45) is 3.93. The van der Waals surface area contributed by atoms with Gasteiger partial charge in [-0.25, -0.2) is 0 Å². The topological polar surface area (TPSA) is 53.1 Å². The maximum Gasteiger partial charge on any atom is 0.303 e. The van der Waals surface area contributed by atoms with Crippen molar-refractivity contribution in [1.82, 2.24) is 4.98 Å². The van der Waals surface area contributed by atoms with Gasteiger partial charge >= 0.3 is 5.97 Å². The van der Waals surface area contributed by atoms with Gasteiger partial charge in [0.1, 0.15) is 0 Å². The summed E-state index contributed by atoms with van der Waals surface area (Å²) < 4.78 is 0. The number of nitrogens with one attached hydrogen (secondary N) is 1. The first-order chi connectivity index (χ1) is 8.63. The van der Waals surface area contributed by atoms with E-state index in [0.717, 1.165) is 6.42 Å². The van der Waals surface area contributed by atoms with Gasteiger partial charge in [0.05, 0.1) is 0 Å². The van der Waals surface area contributed by atoms with Gasteiger partial charge in [0, 0.05) is 23.5 Å². The van der Waals surface area contributed by atoms with Crippen LogP contribution in [0.4, 0.5) is 0 Å². The summed E-state index contributed by atoms with van der Waals surface area (Å²) in [4.78, 5) is 14.0. The number of carbonyl (C=O) groups is 1. The lowest BCUT2D eigenvalue weighted by molar-refractivity contribution is -0.137. The molecule has 18 heavy (non-hydrogen) atoms. The van der Waals surface area contributed by atoms with Crippen molar-refractivity contribution in [3.8, 4) is 0 Å². The molecule has 3 nitrogen and oxygen atoms in total. The van der Waals surface area contributed by atoms with Crippen molar-refractivity contribution in [3.05, 3.63) is 35.5 Å². The summed E-state index contributed by atoms with van der Waals surface area (Å²) in [5, 5.41) is 9.98. The van der Waals surface area contributed by atoms with Crippen LogP contribution in [0.2, 0.25) is 0 Å². The summed E-state index contributed by atoms with van der Waals surface area (Å²) in [5.41, 5.74) is 3.72. The standard InChI is InChI=1S/C15H19NO2/c1-3-11-5-4-6-12-13(9-16-15(11)12)10(2)7-8-14(17)18/h4-6,9-10,16H,3,7-8H2,1-2H3,(H,17,18). The number of rotatable bonds is 5. The molecule has 0 spiro atoms. The highest BCUT2D eigenvalue weighted by molar-refractivity contribution is 5.86. The molecule has 0 bridgehead atoms. The normalized spacial score (nSPS) is 12.8. The Hall–Kier alpha value is -1.77. The highest BCUT2D eigenvalue weighted by Crippen LogP contribution is 2.30. The minimum atomic E-state index is -0.726. The third-order valence-corrected chi connectivity index (χ3v) is 3.54. The Morgan fingerprint density at radius 1 is 1.44 bits per heavy atom. The molecule has 1 unspecified atom stereocenters. The number of aryl methyl sites for hydroxylation is 1. The average Bonchev–Trinajstić information content (AvgIpc) is 2.79. The molecule has 1 aromatic heterocycles. The predicted molar refractivity (Wildman–Crippen MR) is 73.0 cm³/mol. The summed E-state index contributed by atoms with van der Waals surface area (Å²) in [7, 11) is 0. The number of para-hydroxylation sites is 1. The minimum absolute atomic E-state index is 0.224. The van der Waals surface area contributed by atoms with Gasteiger partial charge in [0.25, 0.3) is 0 Å². The predicted octanol–water partition coefficient (Wildman–Crippen LogP) is 3.70. The van der Waals surface area contributed by atoms with Crippen molar-refractivity contribution in [1.29, 1.82) is 0 Å². The Morgan fingerprint density at radius 2 is 2.22 bits per heavy atom. The number of hydrogen-bond acceptors (Lipinski definition) is 1. The third kappa shape index (κ3) is 2.40. The van der Waals surface area contributed by atoms with Crippen molar-refractivity contribution >= 4 is 16.9 Å². The second-order valence-electron chi connectivity index (χ2n) is 4.77. The lowest BCUT2D eigenvalue weighted by Crippen LogP contribution is -1.99. The van der Waals surface area contributed by atoms with Crippen molar-refractivity contribution in [2.24, 2.45) is 0 Å². The smallest absolute Gasteiger partial charge is 0.303 e. The molecule has 0 saturated heterocycles. The fourth-order valence-electron chi connectivity index (χ4n) is 2.44. The molecule has 1 atom stereocenters. The molecule has 2 aromatic rings. The Kier molecular flexibility index (Phi) is 3.70. The number of aromatic amines is 1. The van der Waals surface area contributed by atoms with Gasteiger partial charge < -0.3 is 10.1 Å². The van der Waals surface area contributed by atoms with Gasteiger partial charge in [0.15, 0.2) is 0 Å². The van der Waals surface area contributed by atoms with E-state index in [0.29, 0.717) is 6.42 Å². The maximum atomic E-state index is 10.6. The van der Waals surface area contributed by atoms with E-state index < -0.39 is 5.97 Å². The molecule has 0 radical (unpaired) electrons. The van der Waals surface area contributed by atoms with Crippen LogP contribution in [0.25, 0.3) is 10.9 Å². The summed E-state index contributed by atoms with van der Waals surface area (Å²) in [5.74, 6) is -0.460. The van der Waals surface area contributed by atoms with Gasteiger partial charge in [-0.2, -0.15) is 0 Å². The second kappa shape index (κ2) is 5.25. The van der Waals surface area contributed by atoms with E-state index in [-0.39, 0.29) is 12.3 Å². The number of carboxylic acids is 1. The number of carboxylic acid groups (broad SMARTS) is 1. The van der Waals surface area contributed by atoms with Gasteiger partial charge in [-0.1, -0.05) is 32.0 Å². The number of aliphatic carboxylic acids is 1. The van der Waals surface area contributed by atoms with Crippen LogP contribution in [0.15, 0.2) is 24.4 Å². The average molecular weight is 245 g/mol. The number of fused-ring (bicyclic) bond motifs is 1. The summed E-state index contributed by atoms with van der Waals surface area (Å²) in [6, 6.07) is 6.31. The lowest BCUT2D eigenvalue weighted by Gasteiger charge is -2.09. The van der Waals surface area contributed by atoms with E-state index in [1.54, 1.807) is 0 Å². The molecule has 96 valence electrons. The molecule has 0 saturated carbocycles. The van der Waals surface area contributed by atoms with Gasteiger partial charge in [-0.15, -0.1) is 0 Å². The van der Waals surface area contributed by atoms with Crippen LogP contribution in [0.3, 0.4) is 0 Å². The molecule has 0 aliphatic rings. The Labute approximate surface area is 107 Å². The Balaban J connectivity index is 2.31. The highest BCUT2D eigenvalue weighted by atomic mass is 16.4. The second-order valence-corrected chi connectivity index (χ2v) is 4.77. The molecule has 1 heterocycles. The quantitative estimate of drug-likeness (QED) is 0.843. The van der Waals surface area contributed by atoms with Crippen molar-refractivity contribution in [3.63, 3.8) is 0 Å². The van der Waals surface area contributed by atoms with Gasteiger partial charge in [0.2, 0.25) is 0 Å². The molecular formula is C15H19NO2. The number of aromatic nitrogens is 1. The van der Waals surface area contributed by atoms with Gasteiger partial charge in [-0.3, -0.25) is 4.79 Å². The fraction of sp³-hybridized carbons (Fsp3) is 0.400. The molecule has 0 fully saturated rings. The number of hydrogen-bond donors (Lipinski definition) is 2. The Morgan fingerprint density at radius 3 is 2.89 bits per heavy atom. The van der Waals surface area contributed by atoms with E-state index >= 15 is 0 Å². The SMILES string of the molecule is CCc1cccc2c(C(C)CCC(=O)O)c[nH]c12. The van der Waals surface area contributed by atoms with Crippen LogP contribution in [-0.4, -0.2) is 16.1 Å². The summed E-state index contributed by atoms with van der Waals surface area (Å²) >= 11 is 0. The molecule has 0 amide bonds. The molecular weight excluding hydrogens is 226 g/mol. The molecule has 2 N–H and O–H groups in total. The highest BCUT2D eigenvalue weighted by Gasteiger charge is 2.13. The zero-order chi connectivity index (χ0) is 13.1. The molecule has 2 rings (SSSR count). The molecule has 3 heteroatoms. The third-order valence-electron chi connectivity index (χ3n) is 3.54. The molecule has 0 aliphatic carbocycles. The van der Waals surface area contributed by atoms with Crippen LogP contribution in [0, 0.1) is 0 Å². The monoisotopic (exact) mass is 245 g/mol. The van der Waals surface area contributed by atoms with Crippen molar-refractivity contribution in [2.45, 2.75) is 39.0 Å². The van der Waals surface area contributed by atoms with E-state index in [4.69, 9.17) is 5.11 Å². The first-order valence-corrected chi connectivity index (χ1v) is 6.44. The van der Waals surface area contributed by atoms with Crippen LogP contribution in [0.5, 0.6) is 0 Å². The van der Waals surface area contributed by atoms with Crippen LogP contribution < -0.4 is 0 Å². The zero-order valence-corrected chi connectivity index (χ0v) is 10.9.